The number of rotatable bonds is 11. The van der Waals surface area contributed by atoms with Crippen molar-refractivity contribution < 1.29 is 19.5 Å². The van der Waals surface area contributed by atoms with E-state index in [0.717, 1.165) is 23.3 Å². The molecule has 1 heterocycles. The maximum absolute atomic E-state index is 11.6. The number of nitrogens with zero attached hydrogens (tertiary/aromatic N) is 2. The molecule has 2 aromatic carbocycles. The lowest BCUT2D eigenvalue weighted by Crippen LogP contribution is -2.39. The van der Waals surface area contributed by atoms with Crippen molar-refractivity contribution in [1.82, 2.24) is 4.90 Å². The highest BCUT2D eigenvalue weighted by atomic mass is 35.5. The molecule has 0 saturated heterocycles. The molecule has 0 aromatic heterocycles. The Balaban J connectivity index is 1.60. The number of carbonyl (C=O) groups excluding carboxylic acids is 1. The van der Waals surface area contributed by atoms with Crippen molar-refractivity contribution in [1.29, 1.82) is 0 Å². The fourth-order valence-corrected chi connectivity index (χ4v) is 3.86. The molecule has 2 aromatic rings. The summed E-state index contributed by atoms with van der Waals surface area (Å²) < 4.78 is 5.18. The van der Waals surface area contributed by atoms with Gasteiger partial charge in [-0.1, -0.05) is 65.6 Å². The van der Waals surface area contributed by atoms with Crippen LogP contribution in [0.15, 0.2) is 53.7 Å². The first-order valence-corrected chi connectivity index (χ1v) is 11.4. The van der Waals surface area contributed by atoms with Crippen LogP contribution < -0.4 is 0 Å². The number of ether oxygens (including phenoxy) is 1. The predicted octanol–water partition coefficient (Wildman–Crippen LogP) is 4.35. The summed E-state index contributed by atoms with van der Waals surface area (Å²) in [6.45, 7) is 5.44. The first-order chi connectivity index (χ1) is 15.4. The molecule has 3 rings (SSSR count). The zero-order chi connectivity index (χ0) is 22.9. The SMILES string of the molecule is CCCC(=O)OCC(O)CN(Cc1cccc(Cl)c1)CC1CC(c2ccc(C)cc2)=NO1. The van der Waals surface area contributed by atoms with Crippen LogP contribution in [0.3, 0.4) is 0 Å². The fraction of sp³-hybridized carbons (Fsp3) is 0.440. The molecular weight excluding hydrogens is 428 g/mol. The van der Waals surface area contributed by atoms with Crippen LogP contribution in [0.5, 0.6) is 0 Å². The van der Waals surface area contributed by atoms with Gasteiger partial charge in [0.2, 0.25) is 0 Å². The minimum atomic E-state index is -0.797. The lowest BCUT2D eigenvalue weighted by Gasteiger charge is -2.27. The van der Waals surface area contributed by atoms with Gasteiger partial charge in [0.15, 0.2) is 0 Å². The number of hydrogen-bond acceptors (Lipinski definition) is 6. The van der Waals surface area contributed by atoms with Crippen LogP contribution in [0.2, 0.25) is 5.02 Å². The van der Waals surface area contributed by atoms with Gasteiger partial charge in [-0.05, 0) is 36.6 Å². The molecule has 32 heavy (non-hydrogen) atoms. The van der Waals surface area contributed by atoms with Crippen LogP contribution in [-0.4, -0.2) is 53.6 Å². The molecule has 2 unspecified atom stereocenters. The maximum Gasteiger partial charge on any atom is 0.305 e. The monoisotopic (exact) mass is 458 g/mol. The van der Waals surface area contributed by atoms with Crippen LogP contribution in [0.1, 0.15) is 42.9 Å². The Morgan fingerprint density at radius 3 is 2.81 bits per heavy atom. The number of hydrogen-bond donors (Lipinski definition) is 1. The van der Waals surface area contributed by atoms with Crippen LogP contribution >= 0.6 is 11.6 Å². The highest BCUT2D eigenvalue weighted by molar-refractivity contribution is 6.30. The second kappa shape index (κ2) is 12.0. The molecule has 0 spiro atoms. The number of esters is 1. The number of carbonyl (C=O) groups is 1. The Hall–Kier alpha value is -2.41. The first-order valence-electron chi connectivity index (χ1n) is 11.0. The topological polar surface area (TPSA) is 71.4 Å². The Labute approximate surface area is 194 Å². The van der Waals surface area contributed by atoms with Gasteiger partial charge in [0, 0.05) is 37.5 Å². The van der Waals surface area contributed by atoms with Gasteiger partial charge in [0.05, 0.1) is 5.71 Å². The molecule has 0 fully saturated rings. The number of halogens is 1. The van der Waals surface area contributed by atoms with E-state index < -0.39 is 6.10 Å². The summed E-state index contributed by atoms with van der Waals surface area (Å²) in [7, 11) is 0. The summed E-state index contributed by atoms with van der Waals surface area (Å²) in [6.07, 6.45) is 0.845. The van der Waals surface area contributed by atoms with Gasteiger partial charge < -0.3 is 14.7 Å². The third kappa shape index (κ3) is 7.62. The van der Waals surface area contributed by atoms with E-state index in [1.54, 1.807) is 0 Å². The summed E-state index contributed by atoms with van der Waals surface area (Å²) >= 11 is 6.15. The van der Waals surface area contributed by atoms with Gasteiger partial charge in [0.1, 0.15) is 18.8 Å². The zero-order valence-electron chi connectivity index (χ0n) is 18.7. The lowest BCUT2D eigenvalue weighted by molar-refractivity contribution is -0.147. The van der Waals surface area contributed by atoms with Crippen molar-refractivity contribution in [2.24, 2.45) is 5.16 Å². The Kier molecular flexibility index (Phi) is 9.09. The van der Waals surface area contributed by atoms with E-state index in [2.05, 4.69) is 41.2 Å². The summed E-state index contributed by atoms with van der Waals surface area (Å²) in [6, 6.07) is 15.9. The van der Waals surface area contributed by atoms with Crippen molar-refractivity contribution in [3.63, 3.8) is 0 Å². The number of benzene rings is 2. The molecular formula is C25H31ClN2O4. The van der Waals surface area contributed by atoms with E-state index in [0.29, 0.717) is 37.5 Å². The van der Waals surface area contributed by atoms with E-state index in [-0.39, 0.29) is 18.7 Å². The van der Waals surface area contributed by atoms with E-state index in [1.165, 1.54) is 5.56 Å². The van der Waals surface area contributed by atoms with Gasteiger partial charge in [-0.2, -0.15) is 0 Å². The van der Waals surface area contributed by atoms with Crippen molar-refractivity contribution in [3.8, 4) is 0 Å². The van der Waals surface area contributed by atoms with E-state index in [1.807, 2.05) is 31.2 Å². The van der Waals surface area contributed by atoms with Crippen LogP contribution in [0.4, 0.5) is 0 Å². The number of aryl methyl sites for hydroxylation is 1. The van der Waals surface area contributed by atoms with Crippen molar-refractivity contribution in [2.45, 2.75) is 51.9 Å². The highest BCUT2D eigenvalue weighted by Gasteiger charge is 2.26. The number of aliphatic hydroxyl groups is 1. The molecule has 172 valence electrons. The van der Waals surface area contributed by atoms with Crippen LogP contribution in [0, 0.1) is 6.92 Å². The number of aliphatic hydroxyl groups excluding tert-OH is 1. The predicted molar refractivity (Wildman–Crippen MR) is 126 cm³/mol. The van der Waals surface area contributed by atoms with E-state index in [9.17, 15) is 9.90 Å². The molecule has 0 aliphatic carbocycles. The molecule has 1 N–H and O–H groups in total. The average Bonchev–Trinajstić information content (AvgIpc) is 3.21. The minimum Gasteiger partial charge on any atom is -0.463 e. The van der Waals surface area contributed by atoms with Crippen LogP contribution in [-0.2, 0) is 20.9 Å². The molecule has 1 aliphatic heterocycles. The third-order valence-electron chi connectivity index (χ3n) is 5.23. The minimum absolute atomic E-state index is 0.0263. The molecule has 0 radical (unpaired) electrons. The van der Waals surface area contributed by atoms with E-state index >= 15 is 0 Å². The Bertz CT molecular complexity index is 916. The van der Waals surface area contributed by atoms with Gasteiger partial charge in [0.25, 0.3) is 0 Å². The van der Waals surface area contributed by atoms with Crippen molar-refractivity contribution in [2.75, 3.05) is 19.7 Å². The first kappa shape index (κ1) is 24.2. The van der Waals surface area contributed by atoms with Crippen LogP contribution in [0.25, 0.3) is 0 Å². The summed E-state index contributed by atoms with van der Waals surface area (Å²) in [4.78, 5) is 19.4. The van der Waals surface area contributed by atoms with E-state index in [4.69, 9.17) is 21.2 Å². The molecule has 1 aliphatic rings. The largest absolute Gasteiger partial charge is 0.463 e. The molecule has 2 atom stereocenters. The third-order valence-corrected chi connectivity index (χ3v) is 5.47. The van der Waals surface area contributed by atoms with Gasteiger partial charge in [-0.25, -0.2) is 0 Å². The van der Waals surface area contributed by atoms with Gasteiger partial charge in [-0.15, -0.1) is 0 Å². The molecule has 0 bridgehead atoms. The molecule has 0 amide bonds. The smallest absolute Gasteiger partial charge is 0.305 e. The molecule has 7 heteroatoms. The summed E-state index contributed by atoms with van der Waals surface area (Å²) in [5.41, 5.74) is 4.21. The second-order valence-corrected chi connectivity index (χ2v) is 8.68. The maximum atomic E-state index is 11.6. The molecule has 6 nitrogen and oxygen atoms in total. The average molecular weight is 459 g/mol. The summed E-state index contributed by atoms with van der Waals surface area (Å²) in [5, 5.41) is 15.4. The summed E-state index contributed by atoms with van der Waals surface area (Å²) in [5.74, 6) is -0.289. The van der Waals surface area contributed by atoms with Crippen molar-refractivity contribution >= 4 is 23.3 Å². The second-order valence-electron chi connectivity index (χ2n) is 8.25. The van der Waals surface area contributed by atoms with Gasteiger partial charge in [-0.3, -0.25) is 9.69 Å². The lowest BCUT2D eigenvalue weighted by atomic mass is 10.0. The number of oxime groups is 1. The quantitative estimate of drug-likeness (QED) is 0.507. The Morgan fingerprint density at radius 2 is 2.09 bits per heavy atom. The fourth-order valence-electron chi connectivity index (χ4n) is 3.64. The normalized spacial score (nSPS) is 16.5. The Morgan fingerprint density at radius 1 is 1.31 bits per heavy atom. The standard InChI is InChI=1S/C25H31ClN2O4/c1-3-5-25(30)31-17-22(29)15-28(14-19-6-4-7-21(26)12-19)16-23-13-24(27-32-23)20-10-8-18(2)9-11-20/h4,6-12,22-23,29H,3,5,13-17H2,1-2H3. The zero-order valence-corrected chi connectivity index (χ0v) is 19.4. The highest BCUT2D eigenvalue weighted by Crippen LogP contribution is 2.20. The van der Waals surface area contributed by atoms with Gasteiger partial charge >= 0.3 is 5.97 Å². The molecule has 0 saturated carbocycles. The van der Waals surface area contributed by atoms with Crippen molar-refractivity contribution in [3.05, 3.63) is 70.2 Å².